The maximum absolute atomic E-state index is 13.2. The normalized spacial score (nSPS) is 12.7. The van der Waals surface area contributed by atoms with Gasteiger partial charge in [-0.05, 0) is 25.5 Å². The fourth-order valence-electron chi connectivity index (χ4n) is 3.28. The van der Waals surface area contributed by atoms with Crippen molar-refractivity contribution in [2.24, 2.45) is 0 Å². The van der Waals surface area contributed by atoms with Crippen molar-refractivity contribution in [3.05, 3.63) is 52.1 Å². The van der Waals surface area contributed by atoms with Gasteiger partial charge in [-0.25, -0.2) is 0 Å². The predicted molar refractivity (Wildman–Crippen MR) is 105 cm³/mol. The number of Topliss-reactive ketones (excluding diaryl/α,β-unsaturated/α-hetero) is 1. The molecule has 0 amide bonds. The molecule has 0 saturated carbocycles. The summed E-state index contributed by atoms with van der Waals surface area (Å²) in [4.78, 5) is 37.2. The SMILES string of the molecule is COc1cc(OC)c2c(c1)C(=O)c1cc(O)c(C=CCCC(C)=O)c(O)c1C2=O. The van der Waals surface area contributed by atoms with Crippen molar-refractivity contribution in [3.63, 3.8) is 0 Å². The summed E-state index contributed by atoms with van der Waals surface area (Å²) in [5.41, 5.74) is -0.200. The molecule has 1 aliphatic rings. The van der Waals surface area contributed by atoms with Gasteiger partial charge < -0.3 is 24.5 Å². The molecule has 0 aromatic heterocycles. The molecule has 1 aliphatic carbocycles. The van der Waals surface area contributed by atoms with Crippen molar-refractivity contribution < 1.29 is 34.1 Å². The first kappa shape index (κ1) is 20.1. The van der Waals surface area contributed by atoms with E-state index >= 15 is 0 Å². The highest BCUT2D eigenvalue weighted by Gasteiger charge is 2.36. The summed E-state index contributed by atoms with van der Waals surface area (Å²) in [6.45, 7) is 1.46. The van der Waals surface area contributed by atoms with Crippen molar-refractivity contribution >= 4 is 23.4 Å². The number of phenols is 2. The summed E-state index contributed by atoms with van der Waals surface area (Å²) in [6.07, 6.45) is 3.75. The lowest BCUT2D eigenvalue weighted by Crippen LogP contribution is -2.22. The Balaban J connectivity index is 2.15. The van der Waals surface area contributed by atoms with E-state index in [1.807, 2.05) is 0 Å². The van der Waals surface area contributed by atoms with Crippen LogP contribution in [-0.4, -0.2) is 41.8 Å². The number of phenolic OH excluding ortho intramolecular Hbond substituents is 2. The molecule has 0 bridgehead atoms. The van der Waals surface area contributed by atoms with Crippen molar-refractivity contribution in [2.75, 3.05) is 14.2 Å². The zero-order valence-electron chi connectivity index (χ0n) is 16.2. The topological polar surface area (TPSA) is 110 Å². The Hall–Kier alpha value is -3.61. The molecule has 0 aliphatic heterocycles. The molecule has 0 unspecified atom stereocenters. The number of benzene rings is 2. The van der Waals surface area contributed by atoms with Crippen LogP contribution < -0.4 is 9.47 Å². The minimum absolute atomic E-state index is 0.00406. The highest BCUT2D eigenvalue weighted by Crippen LogP contribution is 2.43. The average Bonchev–Trinajstić information content (AvgIpc) is 2.69. The number of ketones is 3. The lowest BCUT2D eigenvalue weighted by molar-refractivity contribution is -0.116. The van der Waals surface area contributed by atoms with Crippen LogP contribution in [0.4, 0.5) is 0 Å². The summed E-state index contributed by atoms with van der Waals surface area (Å²) < 4.78 is 10.4. The third-order valence-electron chi connectivity index (χ3n) is 4.74. The summed E-state index contributed by atoms with van der Waals surface area (Å²) >= 11 is 0. The zero-order chi connectivity index (χ0) is 21.3. The maximum Gasteiger partial charge on any atom is 0.202 e. The molecule has 0 atom stereocenters. The molecule has 3 rings (SSSR count). The van der Waals surface area contributed by atoms with Crippen LogP contribution in [0.25, 0.3) is 6.08 Å². The minimum Gasteiger partial charge on any atom is -0.507 e. The third-order valence-corrected chi connectivity index (χ3v) is 4.74. The van der Waals surface area contributed by atoms with Gasteiger partial charge in [-0.2, -0.15) is 0 Å². The number of carbonyl (C=O) groups is 3. The van der Waals surface area contributed by atoms with E-state index < -0.39 is 17.3 Å². The molecule has 29 heavy (non-hydrogen) atoms. The summed E-state index contributed by atoms with van der Waals surface area (Å²) in [5, 5.41) is 21.0. The van der Waals surface area contributed by atoms with Crippen molar-refractivity contribution in [3.8, 4) is 23.0 Å². The highest BCUT2D eigenvalue weighted by atomic mass is 16.5. The number of ether oxygens (including phenoxy) is 2. The zero-order valence-corrected chi connectivity index (χ0v) is 16.2. The Morgan fingerprint density at radius 3 is 2.31 bits per heavy atom. The Bertz CT molecular complexity index is 1060. The fraction of sp³-hybridized carbons (Fsp3) is 0.227. The molecule has 2 aromatic carbocycles. The molecule has 0 heterocycles. The average molecular weight is 396 g/mol. The van der Waals surface area contributed by atoms with Crippen LogP contribution in [0.5, 0.6) is 23.0 Å². The van der Waals surface area contributed by atoms with Crippen LogP contribution in [0, 0.1) is 0 Å². The second-order valence-corrected chi connectivity index (χ2v) is 6.63. The predicted octanol–water partition coefficient (Wildman–Crippen LogP) is 3.27. The lowest BCUT2D eigenvalue weighted by atomic mass is 9.81. The summed E-state index contributed by atoms with van der Waals surface area (Å²) in [6, 6.07) is 4.06. The molecular weight excluding hydrogens is 376 g/mol. The molecule has 2 aromatic rings. The van der Waals surface area contributed by atoms with E-state index in [-0.39, 0.29) is 45.1 Å². The van der Waals surface area contributed by atoms with E-state index in [1.54, 1.807) is 6.08 Å². The number of rotatable bonds is 6. The number of methoxy groups -OCH3 is 2. The standard InChI is InChI=1S/C22H20O7/c1-11(23)6-4-5-7-13-16(24)10-15-19(21(13)26)22(27)18-14(20(15)25)8-12(28-2)9-17(18)29-3/h5,7-10,24,26H,4,6H2,1-3H3. The van der Waals surface area contributed by atoms with Gasteiger partial charge in [-0.3, -0.25) is 9.59 Å². The van der Waals surface area contributed by atoms with Gasteiger partial charge in [-0.15, -0.1) is 0 Å². The molecule has 0 fully saturated rings. The molecule has 150 valence electrons. The molecule has 0 spiro atoms. The lowest BCUT2D eigenvalue weighted by Gasteiger charge is -2.22. The number of hydrogen-bond donors (Lipinski definition) is 2. The quantitative estimate of drug-likeness (QED) is 0.658. The van der Waals surface area contributed by atoms with Crippen LogP contribution in [0.15, 0.2) is 24.3 Å². The van der Waals surface area contributed by atoms with E-state index in [4.69, 9.17) is 9.47 Å². The van der Waals surface area contributed by atoms with Crippen LogP contribution in [0.2, 0.25) is 0 Å². The van der Waals surface area contributed by atoms with Gasteiger partial charge in [0.05, 0.1) is 30.9 Å². The molecule has 7 heteroatoms. The smallest absolute Gasteiger partial charge is 0.202 e. The van der Waals surface area contributed by atoms with Gasteiger partial charge in [0.15, 0.2) is 5.78 Å². The van der Waals surface area contributed by atoms with Crippen LogP contribution in [0.3, 0.4) is 0 Å². The number of hydrogen-bond acceptors (Lipinski definition) is 7. The van der Waals surface area contributed by atoms with Crippen molar-refractivity contribution in [1.82, 2.24) is 0 Å². The molecule has 0 saturated heterocycles. The number of carbonyl (C=O) groups excluding carboxylic acids is 3. The fourth-order valence-corrected chi connectivity index (χ4v) is 3.28. The second kappa shape index (κ2) is 7.79. The van der Waals surface area contributed by atoms with Crippen LogP contribution in [-0.2, 0) is 4.79 Å². The summed E-state index contributed by atoms with van der Waals surface area (Å²) in [5.74, 6) is -1.48. The van der Waals surface area contributed by atoms with Crippen LogP contribution >= 0.6 is 0 Å². The summed E-state index contributed by atoms with van der Waals surface area (Å²) in [7, 11) is 2.79. The first-order chi connectivity index (χ1) is 13.8. The molecule has 0 radical (unpaired) electrons. The first-order valence-electron chi connectivity index (χ1n) is 8.90. The van der Waals surface area contributed by atoms with Gasteiger partial charge >= 0.3 is 0 Å². The largest absolute Gasteiger partial charge is 0.507 e. The Kier molecular flexibility index (Phi) is 5.41. The molecular formula is C22H20O7. The van der Waals surface area contributed by atoms with E-state index in [1.165, 1.54) is 39.4 Å². The van der Waals surface area contributed by atoms with Gasteiger partial charge in [0.1, 0.15) is 28.8 Å². The van der Waals surface area contributed by atoms with E-state index in [0.29, 0.717) is 18.6 Å². The number of allylic oxidation sites excluding steroid dienone is 1. The van der Waals surface area contributed by atoms with Crippen molar-refractivity contribution in [2.45, 2.75) is 19.8 Å². The molecule has 7 nitrogen and oxygen atoms in total. The van der Waals surface area contributed by atoms with E-state index in [2.05, 4.69) is 0 Å². The van der Waals surface area contributed by atoms with Gasteiger partial charge in [-0.1, -0.05) is 12.2 Å². The van der Waals surface area contributed by atoms with Gasteiger partial charge in [0, 0.05) is 23.6 Å². The van der Waals surface area contributed by atoms with E-state index in [9.17, 15) is 24.6 Å². The van der Waals surface area contributed by atoms with Crippen LogP contribution in [0.1, 0.15) is 57.2 Å². The highest BCUT2D eigenvalue weighted by molar-refractivity contribution is 6.30. The van der Waals surface area contributed by atoms with Gasteiger partial charge in [0.2, 0.25) is 5.78 Å². The first-order valence-corrected chi connectivity index (χ1v) is 8.90. The maximum atomic E-state index is 13.2. The van der Waals surface area contributed by atoms with Gasteiger partial charge in [0.25, 0.3) is 0 Å². The Labute approximate surface area is 167 Å². The monoisotopic (exact) mass is 396 g/mol. The number of aromatic hydroxyl groups is 2. The second-order valence-electron chi connectivity index (χ2n) is 6.63. The Morgan fingerprint density at radius 1 is 1.00 bits per heavy atom. The Morgan fingerprint density at radius 2 is 1.69 bits per heavy atom. The minimum atomic E-state index is -0.593. The van der Waals surface area contributed by atoms with E-state index in [0.717, 1.165) is 6.07 Å². The molecule has 2 N–H and O–H groups in total. The third kappa shape index (κ3) is 3.47. The van der Waals surface area contributed by atoms with Crippen molar-refractivity contribution in [1.29, 1.82) is 0 Å². The number of fused-ring (bicyclic) bond motifs is 2.